The maximum atomic E-state index is 9.31. The van der Waals surface area contributed by atoms with Crippen molar-refractivity contribution < 1.29 is 15.3 Å². The Labute approximate surface area is 113 Å². The fraction of sp³-hybridized carbons (Fsp3) is 0.364. The van der Waals surface area contributed by atoms with Crippen LogP contribution in [0.15, 0.2) is 29.4 Å². The highest BCUT2D eigenvalue weighted by Gasteiger charge is 2.11. The first-order chi connectivity index (χ1) is 9.24. The van der Waals surface area contributed by atoms with E-state index in [1.165, 1.54) is 16.4 Å². The number of rotatable bonds is 6. The van der Waals surface area contributed by atoms with Gasteiger partial charge in [0.15, 0.2) is 0 Å². The van der Waals surface area contributed by atoms with Crippen LogP contribution < -0.4 is 0 Å². The lowest BCUT2D eigenvalue weighted by Gasteiger charge is -2.07. The van der Waals surface area contributed by atoms with Crippen LogP contribution in [0.1, 0.15) is 5.56 Å². The lowest BCUT2D eigenvalue weighted by molar-refractivity contribution is 0.113. The molecule has 1 aromatic carbocycles. The van der Waals surface area contributed by atoms with Crippen LogP contribution in [0.25, 0.3) is 5.69 Å². The highest BCUT2D eigenvalue weighted by Crippen LogP contribution is 2.19. The number of thioether (sulfide) groups is 1. The van der Waals surface area contributed by atoms with E-state index in [9.17, 15) is 5.11 Å². The molecule has 0 aliphatic heterocycles. The van der Waals surface area contributed by atoms with Gasteiger partial charge in [-0.25, -0.2) is 0 Å². The Morgan fingerprint density at radius 1 is 1.21 bits per heavy atom. The van der Waals surface area contributed by atoms with Gasteiger partial charge in [-0.3, -0.25) is 0 Å². The molecule has 3 N–H and O–H groups in total. The van der Waals surface area contributed by atoms with E-state index in [4.69, 9.17) is 10.2 Å². The summed E-state index contributed by atoms with van der Waals surface area (Å²) in [5.74, 6) is 0.311. The molecule has 19 heavy (non-hydrogen) atoms. The molecule has 0 aliphatic carbocycles. The Morgan fingerprint density at radius 2 is 1.95 bits per heavy atom. The van der Waals surface area contributed by atoms with Gasteiger partial charge in [-0.2, -0.15) is 4.68 Å². The van der Waals surface area contributed by atoms with Gasteiger partial charge in [0, 0.05) is 5.75 Å². The van der Waals surface area contributed by atoms with Crippen molar-refractivity contribution in [3.8, 4) is 5.69 Å². The van der Waals surface area contributed by atoms with Crippen molar-refractivity contribution in [3.05, 3.63) is 29.8 Å². The molecular formula is C11H14N4O3S. The predicted octanol–water partition coefficient (Wildman–Crippen LogP) is -0.400. The highest BCUT2D eigenvalue weighted by atomic mass is 32.2. The second kappa shape index (κ2) is 6.62. The molecule has 0 aliphatic rings. The summed E-state index contributed by atoms with van der Waals surface area (Å²) in [6, 6.07) is 7.17. The van der Waals surface area contributed by atoms with Crippen molar-refractivity contribution in [2.45, 2.75) is 17.9 Å². The van der Waals surface area contributed by atoms with E-state index in [1.54, 1.807) is 24.3 Å². The molecule has 0 fully saturated rings. The van der Waals surface area contributed by atoms with Crippen molar-refractivity contribution in [1.29, 1.82) is 0 Å². The molecule has 7 nitrogen and oxygen atoms in total. The van der Waals surface area contributed by atoms with Crippen LogP contribution >= 0.6 is 11.8 Å². The van der Waals surface area contributed by atoms with Crippen LogP contribution in [0.2, 0.25) is 0 Å². The molecule has 8 heteroatoms. The van der Waals surface area contributed by atoms with E-state index in [0.717, 1.165) is 11.3 Å². The lowest BCUT2D eigenvalue weighted by atomic mass is 10.2. The molecule has 0 saturated carbocycles. The van der Waals surface area contributed by atoms with Gasteiger partial charge in [-0.15, -0.1) is 5.10 Å². The third-order valence-electron chi connectivity index (χ3n) is 2.42. The third-order valence-corrected chi connectivity index (χ3v) is 3.48. The van der Waals surface area contributed by atoms with Crippen LogP contribution in [0, 0.1) is 0 Å². The maximum absolute atomic E-state index is 9.31. The van der Waals surface area contributed by atoms with E-state index in [-0.39, 0.29) is 13.2 Å². The second-order valence-electron chi connectivity index (χ2n) is 3.85. The largest absolute Gasteiger partial charge is 0.394 e. The molecule has 2 aromatic rings. The SMILES string of the molecule is OCc1ccc(-n2nnnc2SCC(O)CO)cc1. The predicted molar refractivity (Wildman–Crippen MR) is 68.9 cm³/mol. The van der Waals surface area contributed by atoms with E-state index in [0.29, 0.717) is 10.9 Å². The number of hydrogen-bond donors (Lipinski definition) is 3. The smallest absolute Gasteiger partial charge is 0.214 e. The quantitative estimate of drug-likeness (QED) is 0.619. The van der Waals surface area contributed by atoms with Gasteiger partial charge in [-0.1, -0.05) is 23.9 Å². The van der Waals surface area contributed by atoms with Crippen molar-refractivity contribution in [2.24, 2.45) is 0 Å². The zero-order valence-corrected chi connectivity index (χ0v) is 10.9. The molecule has 1 atom stereocenters. The molecule has 1 unspecified atom stereocenters. The van der Waals surface area contributed by atoms with Gasteiger partial charge in [0.1, 0.15) is 0 Å². The Morgan fingerprint density at radius 3 is 2.58 bits per heavy atom. The Hall–Kier alpha value is -1.48. The normalized spacial score (nSPS) is 12.6. The number of aliphatic hydroxyl groups is 3. The first-order valence-electron chi connectivity index (χ1n) is 5.65. The number of aromatic nitrogens is 4. The van der Waals surface area contributed by atoms with Gasteiger partial charge in [-0.05, 0) is 28.1 Å². The molecule has 1 heterocycles. The first-order valence-corrected chi connectivity index (χ1v) is 6.63. The molecule has 1 aromatic heterocycles. The minimum absolute atomic E-state index is 0.0137. The summed E-state index contributed by atoms with van der Waals surface area (Å²) >= 11 is 1.26. The molecule has 0 radical (unpaired) electrons. The maximum Gasteiger partial charge on any atom is 0.214 e. The van der Waals surface area contributed by atoms with Crippen LogP contribution in [0.4, 0.5) is 0 Å². The monoisotopic (exact) mass is 282 g/mol. The average Bonchev–Trinajstić information content (AvgIpc) is 2.93. The summed E-state index contributed by atoms with van der Waals surface area (Å²) in [7, 11) is 0. The summed E-state index contributed by atoms with van der Waals surface area (Å²) < 4.78 is 1.54. The fourth-order valence-corrected chi connectivity index (χ4v) is 2.20. The van der Waals surface area contributed by atoms with Gasteiger partial charge < -0.3 is 15.3 Å². The topological polar surface area (TPSA) is 104 Å². The number of benzene rings is 1. The third kappa shape index (κ3) is 3.51. The van der Waals surface area contributed by atoms with Gasteiger partial charge in [0.05, 0.1) is 25.0 Å². The summed E-state index contributed by atoms with van der Waals surface area (Å²) in [6.45, 7) is -0.306. The molecule has 0 amide bonds. The summed E-state index contributed by atoms with van der Waals surface area (Å²) in [6.07, 6.45) is -0.799. The van der Waals surface area contributed by atoms with E-state index < -0.39 is 6.10 Å². The van der Waals surface area contributed by atoms with Gasteiger partial charge in [0.2, 0.25) is 5.16 Å². The van der Waals surface area contributed by atoms with Crippen molar-refractivity contribution in [3.63, 3.8) is 0 Å². The van der Waals surface area contributed by atoms with Gasteiger partial charge >= 0.3 is 0 Å². The molecule has 0 bridgehead atoms. The van der Waals surface area contributed by atoms with E-state index in [1.807, 2.05) is 0 Å². The van der Waals surface area contributed by atoms with Crippen LogP contribution in [0.5, 0.6) is 0 Å². The number of tetrazole rings is 1. The summed E-state index contributed by atoms with van der Waals surface area (Å²) in [5.41, 5.74) is 1.57. The molecule has 2 rings (SSSR count). The Kier molecular flexibility index (Phi) is 4.86. The average molecular weight is 282 g/mol. The van der Waals surface area contributed by atoms with Crippen molar-refractivity contribution in [1.82, 2.24) is 20.2 Å². The zero-order valence-electron chi connectivity index (χ0n) is 10.0. The van der Waals surface area contributed by atoms with Crippen LogP contribution in [-0.2, 0) is 6.61 Å². The molecule has 102 valence electrons. The highest BCUT2D eigenvalue weighted by molar-refractivity contribution is 7.99. The second-order valence-corrected chi connectivity index (χ2v) is 4.83. The number of aliphatic hydroxyl groups excluding tert-OH is 3. The molecular weight excluding hydrogens is 268 g/mol. The Bertz CT molecular complexity index is 517. The van der Waals surface area contributed by atoms with E-state index >= 15 is 0 Å². The van der Waals surface area contributed by atoms with Crippen LogP contribution in [0.3, 0.4) is 0 Å². The minimum Gasteiger partial charge on any atom is -0.394 e. The summed E-state index contributed by atoms with van der Waals surface area (Å²) in [5, 5.41) is 38.9. The Balaban J connectivity index is 2.13. The minimum atomic E-state index is -0.799. The number of nitrogens with zero attached hydrogens (tertiary/aromatic N) is 4. The molecule has 0 saturated heterocycles. The van der Waals surface area contributed by atoms with E-state index in [2.05, 4.69) is 15.5 Å². The standard InChI is InChI=1S/C11H14N4O3S/c16-5-8-1-3-9(4-2-8)15-11(12-13-14-15)19-7-10(18)6-17/h1-4,10,16-18H,5-7H2. The van der Waals surface area contributed by atoms with Gasteiger partial charge in [0.25, 0.3) is 0 Å². The van der Waals surface area contributed by atoms with Crippen LogP contribution in [-0.4, -0.2) is 54.0 Å². The zero-order chi connectivity index (χ0) is 13.7. The van der Waals surface area contributed by atoms with Crippen molar-refractivity contribution >= 4 is 11.8 Å². The summed E-state index contributed by atoms with van der Waals surface area (Å²) in [4.78, 5) is 0. The molecule has 0 spiro atoms. The number of hydrogen-bond acceptors (Lipinski definition) is 7. The van der Waals surface area contributed by atoms with Crippen molar-refractivity contribution in [2.75, 3.05) is 12.4 Å². The lowest BCUT2D eigenvalue weighted by Crippen LogP contribution is -2.15. The first kappa shape index (κ1) is 13.9. The fourth-order valence-electron chi connectivity index (χ4n) is 1.40.